The van der Waals surface area contributed by atoms with E-state index in [-0.39, 0.29) is 6.04 Å². The van der Waals surface area contributed by atoms with E-state index in [1.54, 1.807) is 0 Å². The molecular formula is C20H25N3O. The van der Waals surface area contributed by atoms with Crippen molar-refractivity contribution in [3.8, 4) is 5.75 Å². The van der Waals surface area contributed by atoms with Gasteiger partial charge in [0.25, 0.3) is 0 Å². The normalized spacial score (nSPS) is 17.0. The molecule has 2 aromatic rings. The van der Waals surface area contributed by atoms with Crippen LogP contribution < -0.4 is 15.5 Å². The maximum Gasteiger partial charge on any atom is 0.119 e. The Bertz CT molecular complexity index is 692. The fraction of sp³-hybridized carbons (Fsp3) is 0.350. The van der Waals surface area contributed by atoms with E-state index in [1.165, 1.54) is 11.1 Å². The number of nitrogens with zero attached hydrogens (tertiary/aromatic N) is 2. The van der Waals surface area contributed by atoms with Gasteiger partial charge in [0.2, 0.25) is 0 Å². The van der Waals surface area contributed by atoms with Gasteiger partial charge in [0.15, 0.2) is 0 Å². The first-order valence-corrected chi connectivity index (χ1v) is 8.56. The molecule has 1 aliphatic heterocycles. The molecule has 1 atom stereocenters. The van der Waals surface area contributed by atoms with Crippen LogP contribution in [0.5, 0.6) is 5.75 Å². The van der Waals surface area contributed by atoms with E-state index >= 15 is 0 Å². The number of hydrazone groups is 1. The third-order valence-corrected chi connectivity index (χ3v) is 4.28. The molecule has 2 aromatic carbocycles. The van der Waals surface area contributed by atoms with Gasteiger partial charge in [-0.25, -0.2) is 0 Å². The number of benzene rings is 2. The largest absolute Gasteiger partial charge is 0.494 e. The first-order chi connectivity index (χ1) is 11.7. The Morgan fingerprint density at radius 1 is 1.12 bits per heavy atom. The van der Waals surface area contributed by atoms with Gasteiger partial charge in [0, 0.05) is 12.1 Å². The molecule has 0 aliphatic carbocycles. The number of aryl methyl sites for hydroxylation is 1. The second-order valence-corrected chi connectivity index (χ2v) is 6.11. The zero-order valence-electron chi connectivity index (χ0n) is 14.4. The lowest BCUT2D eigenvalue weighted by atomic mass is 9.99. The second-order valence-electron chi connectivity index (χ2n) is 6.11. The third kappa shape index (κ3) is 3.60. The molecule has 0 saturated heterocycles. The van der Waals surface area contributed by atoms with Gasteiger partial charge in [-0.2, -0.15) is 5.10 Å². The molecule has 0 amide bonds. The molecule has 4 nitrogen and oxygen atoms in total. The van der Waals surface area contributed by atoms with Crippen molar-refractivity contribution in [3.05, 3.63) is 59.7 Å². The fourth-order valence-electron chi connectivity index (χ4n) is 3.04. The van der Waals surface area contributed by atoms with Crippen LogP contribution in [0.15, 0.2) is 53.6 Å². The highest BCUT2D eigenvalue weighted by Gasteiger charge is 2.28. The molecule has 1 aliphatic rings. The lowest BCUT2D eigenvalue weighted by Crippen LogP contribution is -2.18. The highest BCUT2D eigenvalue weighted by atomic mass is 16.5. The third-order valence-electron chi connectivity index (χ3n) is 4.28. The van der Waals surface area contributed by atoms with Gasteiger partial charge in [-0.05, 0) is 56.6 Å². The molecule has 3 rings (SSSR count). The molecule has 1 unspecified atom stereocenters. The lowest BCUT2D eigenvalue weighted by molar-refractivity contribution is 0.340. The van der Waals surface area contributed by atoms with Crippen LogP contribution >= 0.6 is 0 Å². The van der Waals surface area contributed by atoms with Crippen LogP contribution in [0.4, 0.5) is 5.69 Å². The Hall–Kier alpha value is -2.33. The number of anilines is 1. The molecule has 2 N–H and O–H groups in total. The van der Waals surface area contributed by atoms with Crippen molar-refractivity contribution in [1.29, 1.82) is 0 Å². The molecule has 0 aromatic heterocycles. The van der Waals surface area contributed by atoms with Crippen molar-refractivity contribution in [1.82, 2.24) is 0 Å². The smallest absolute Gasteiger partial charge is 0.119 e. The first kappa shape index (κ1) is 16.5. The Balaban J connectivity index is 1.89. The van der Waals surface area contributed by atoms with Crippen LogP contribution in [0.3, 0.4) is 0 Å². The van der Waals surface area contributed by atoms with Crippen LogP contribution in [0.2, 0.25) is 0 Å². The monoisotopic (exact) mass is 323 g/mol. The standard InChI is InChI=1S/C20H25N3O/c1-3-24-19-10-8-18(9-11-19)23-20(14-17(22-23)12-13-21)16-6-4-15(2)5-7-16/h4-11,20H,3,12-14,21H2,1-2H3. The van der Waals surface area contributed by atoms with E-state index in [1.807, 2.05) is 19.1 Å². The zero-order chi connectivity index (χ0) is 16.9. The average molecular weight is 323 g/mol. The maximum absolute atomic E-state index is 5.73. The molecule has 0 saturated carbocycles. The lowest BCUT2D eigenvalue weighted by Gasteiger charge is -2.24. The van der Waals surface area contributed by atoms with Crippen molar-refractivity contribution in [3.63, 3.8) is 0 Å². The van der Waals surface area contributed by atoms with Crippen molar-refractivity contribution < 1.29 is 4.74 Å². The van der Waals surface area contributed by atoms with Crippen LogP contribution in [0.1, 0.15) is 36.9 Å². The topological polar surface area (TPSA) is 50.8 Å². The molecule has 0 radical (unpaired) electrons. The van der Waals surface area contributed by atoms with Crippen LogP contribution in [-0.2, 0) is 0 Å². The summed E-state index contributed by atoms with van der Waals surface area (Å²) in [6.45, 7) is 5.41. The predicted molar refractivity (Wildman–Crippen MR) is 99.7 cm³/mol. The van der Waals surface area contributed by atoms with Gasteiger partial charge in [-0.1, -0.05) is 29.8 Å². The Morgan fingerprint density at radius 2 is 1.83 bits per heavy atom. The van der Waals surface area contributed by atoms with Gasteiger partial charge in [-0.15, -0.1) is 0 Å². The van der Waals surface area contributed by atoms with Crippen molar-refractivity contribution in [2.24, 2.45) is 10.8 Å². The molecule has 24 heavy (non-hydrogen) atoms. The van der Waals surface area contributed by atoms with E-state index in [2.05, 4.69) is 48.3 Å². The van der Waals surface area contributed by atoms with Gasteiger partial charge in [0.05, 0.1) is 18.3 Å². The summed E-state index contributed by atoms with van der Waals surface area (Å²) in [5.41, 5.74) is 10.5. The van der Waals surface area contributed by atoms with Crippen LogP contribution in [-0.4, -0.2) is 18.9 Å². The summed E-state index contributed by atoms with van der Waals surface area (Å²) in [7, 11) is 0. The van der Waals surface area contributed by atoms with Gasteiger partial charge in [0.1, 0.15) is 5.75 Å². The molecule has 4 heteroatoms. The SMILES string of the molecule is CCOc1ccc(N2N=C(CCN)CC2c2ccc(C)cc2)cc1. The fourth-order valence-corrected chi connectivity index (χ4v) is 3.04. The second kappa shape index (κ2) is 7.49. The van der Waals surface area contributed by atoms with Gasteiger partial charge >= 0.3 is 0 Å². The summed E-state index contributed by atoms with van der Waals surface area (Å²) < 4.78 is 5.54. The number of rotatable bonds is 6. The molecule has 0 spiro atoms. The van der Waals surface area contributed by atoms with E-state index < -0.39 is 0 Å². The average Bonchev–Trinajstić information content (AvgIpc) is 3.01. The summed E-state index contributed by atoms with van der Waals surface area (Å²) in [6.07, 6.45) is 1.77. The minimum absolute atomic E-state index is 0.227. The van der Waals surface area contributed by atoms with E-state index in [0.717, 1.165) is 30.0 Å². The predicted octanol–water partition coefficient (Wildman–Crippen LogP) is 4.05. The summed E-state index contributed by atoms with van der Waals surface area (Å²) in [6, 6.07) is 17.1. The summed E-state index contributed by atoms with van der Waals surface area (Å²) >= 11 is 0. The minimum atomic E-state index is 0.227. The van der Waals surface area contributed by atoms with E-state index in [4.69, 9.17) is 15.6 Å². The summed E-state index contributed by atoms with van der Waals surface area (Å²) in [5, 5.41) is 6.95. The van der Waals surface area contributed by atoms with Crippen LogP contribution in [0, 0.1) is 6.92 Å². The molecule has 0 bridgehead atoms. The quantitative estimate of drug-likeness (QED) is 0.872. The van der Waals surface area contributed by atoms with E-state index in [0.29, 0.717) is 13.2 Å². The van der Waals surface area contributed by atoms with Gasteiger partial charge in [-0.3, -0.25) is 5.01 Å². The minimum Gasteiger partial charge on any atom is -0.494 e. The Kier molecular flexibility index (Phi) is 5.16. The molecule has 1 heterocycles. The van der Waals surface area contributed by atoms with Gasteiger partial charge < -0.3 is 10.5 Å². The van der Waals surface area contributed by atoms with Crippen LogP contribution in [0.25, 0.3) is 0 Å². The van der Waals surface area contributed by atoms with E-state index in [9.17, 15) is 0 Å². The summed E-state index contributed by atoms with van der Waals surface area (Å²) in [5.74, 6) is 0.887. The first-order valence-electron chi connectivity index (χ1n) is 8.56. The molecule has 0 fully saturated rings. The molecule has 126 valence electrons. The maximum atomic E-state index is 5.73. The van der Waals surface area contributed by atoms with Crippen molar-refractivity contribution >= 4 is 11.4 Å². The number of nitrogens with two attached hydrogens (primary N) is 1. The zero-order valence-corrected chi connectivity index (χ0v) is 14.4. The van der Waals surface area contributed by atoms with Crippen molar-refractivity contribution in [2.45, 2.75) is 32.7 Å². The Labute approximate surface area is 143 Å². The van der Waals surface area contributed by atoms with Crippen molar-refractivity contribution in [2.75, 3.05) is 18.2 Å². The highest BCUT2D eigenvalue weighted by Crippen LogP contribution is 2.36. The highest BCUT2D eigenvalue weighted by molar-refractivity contribution is 5.89. The molecular weight excluding hydrogens is 298 g/mol. The summed E-state index contributed by atoms with van der Waals surface area (Å²) in [4.78, 5) is 0. The number of ether oxygens (including phenoxy) is 1. The Morgan fingerprint density at radius 3 is 2.46 bits per heavy atom. The number of hydrogen-bond donors (Lipinski definition) is 1. The number of hydrogen-bond acceptors (Lipinski definition) is 4.